The molecule has 0 aromatic carbocycles. The Morgan fingerprint density at radius 2 is 2.00 bits per heavy atom. The Morgan fingerprint density at radius 1 is 1.25 bits per heavy atom. The first kappa shape index (κ1) is 20.7. The second-order valence-electron chi connectivity index (χ2n) is 8.59. The van der Waals surface area contributed by atoms with Crippen molar-refractivity contribution < 1.29 is 13.2 Å². The molecule has 1 aliphatic rings. The van der Waals surface area contributed by atoms with Crippen LogP contribution in [0.4, 0.5) is 0 Å². The molecule has 0 radical (unpaired) electrons. The van der Waals surface area contributed by atoms with E-state index in [1.165, 1.54) is 4.31 Å². The van der Waals surface area contributed by atoms with Gasteiger partial charge in [-0.3, -0.25) is 0 Å². The summed E-state index contributed by atoms with van der Waals surface area (Å²) in [6, 6.07) is 3.90. The first-order chi connectivity index (χ1) is 13.1. The summed E-state index contributed by atoms with van der Waals surface area (Å²) in [5, 5.41) is 8.44. The minimum absolute atomic E-state index is 0.0611. The Hall–Kier alpha value is -2.00. The van der Waals surface area contributed by atoms with Crippen LogP contribution < -0.4 is 4.74 Å². The zero-order valence-electron chi connectivity index (χ0n) is 17.2. The molecule has 3 rings (SSSR count). The lowest BCUT2D eigenvalue weighted by atomic mass is 9.92. The first-order valence-corrected chi connectivity index (χ1v) is 11.0. The van der Waals surface area contributed by atoms with Gasteiger partial charge in [-0.15, -0.1) is 5.10 Å². The van der Waals surface area contributed by atoms with Gasteiger partial charge < -0.3 is 9.30 Å². The van der Waals surface area contributed by atoms with E-state index in [-0.39, 0.29) is 22.4 Å². The molecule has 0 bridgehead atoms. The number of aromatic nitrogens is 4. The van der Waals surface area contributed by atoms with Crippen molar-refractivity contribution in [2.24, 2.45) is 5.92 Å². The third-order valence-electron chi connectivity index (χ3n) is 4.90. The number of nitrogens with zero attached hydrogens (tertiary/aromatic N) is 5. The number of imidazole rings is 1. The Kier molecular flexibility index (Phi) is 5.77. The summed E-state index contributed by atoms with van der Waals surface area (Å²) in [7, 11) is -3.57. The average Bonchev–Trinajstić information content (AvgIpc) is 3.30. The molecule has 1 fully saturated rings. The largest absolute Gasteiger partial charge is 0.476 e. The van der Waals surface area contributed by atoms with Crippen molar-refractivity contribution in [2.45, 2.75) is 57.5 Å². The lowest BCUT2D eigenvalue weighted by molar-refractivity contribution is 0.243. The molecule has 154 valence electrons. The quantitative estimate of drug-likeness (QED) is 0.731. The van der Waals surface area contributed by atoms with E-state index in [0.717, 1.165) is 12.1 Å². The van der Waals surface area contributed by atoms with Crippen LogP contribution in [0.1, 0.15) is 52.8 Å². The summed E-state index contributed by atoms with van der Waals surface area (Å²) in [6.45, 7) is 11.5. The fraction of sp³-hybridized carbons (Fsp3) is 0.632. The number of rotatable bonds is 6. The molecule has 0 spiro atoms. The third-order valence-corrected chi connectivity index (χ3v) is 6.65. The number of hydrogen-bond donors (Lipinski definition) is 0. The molecule has 1 unspecified atom stereocenters. The highest BCUT2D eigenvalue weighted by atomic mass is 32.2. The monoisotopic (exact) mass is 407 g/mol. The van der Waals surface area contributed by atoms with E-state index >= 15 is 0 Å². The first-order valence-electron chi connectivity index (χ1n) is 9.58. The van der Waals surface area contributed by atoms with Gasteiger partial charge in [-0.05, 0) is 26.3 Å². The summed E-state index contributed by atoms with van der Waals surface area (Å²) >= 11 is 0. The van der Waals surface area contributed by atoms with Crippen molar-refractivity contribution in [3.8, 4) is 5.88 Å². The zero-order valence-corrected chi connectivity index (χ0v) is 18.0. The van der Waals surface area contributed by atoms with Gasteiger partial charge in [0, 0.05) is 42.7 Å². The summed E-state index contributed by atoms with van der Waals surface area (Å²) in [4.78, 5) is 4.08. The molecule has 0 aliphatic carbocycles. The van der Waals surface area contributed by atoms with E-state index in [4.69, 9.17) is 4.74 Å². The molecule has 3 heterocycles. The Bertz CT molecular complexity index is 900. The topological polar surface area (TPSA) is 90.2 Å². The van der Waals surface area contributed by atoms with Crippen LogP contribution in [0.2, 0.25) is 0 Å². The highest BCUT2D eigenvalue weighted by Crippen LogP contribution is 2.25. The van der Waals surface area contributed by atoms with Gasteiger partial charge in [0.05, 0.1) is 18.6 Å². The molecule has 9 heteroatoms. The minimum atomic E-state index is -3.57. The van der Waals surface area contributed by atoms with Crippen LogP contribution in [0.15, 0.2) is 29.7 Å². The number of ether oxygens (including phenoxy) is 1. The van der Waals surface area contributed by atoms with Gasteiger partial charge in [0.25, 0.3) is 10.0 Å². The van der Waals surface area contributed by atoms with E-state index in [2.05, 4.69) is 36.0 Å². The summed E-state index contributed by atoms with van der Waals surface area (Å²) in [6.07, 6.45) is 3.90. The summed E-state index contributed by atoms with van der Waals surface area (Å²) < 4.78 is 34.6. The van der Waals surface area contributed by atoms with Crippen molar-refractivity contribution in [3.05, 3.63) is 30.4 Å². The molecular formula is C19H29N5O3S. The van der Waals surface area contributed by atoms with Crippen LogP contribution in [0.3, 0.4) is 0 Å². The van der Waals surface area contributed by atoms with E-state index < -0.39 is 10.0 Å². The molecule has 0 saturated carbocycles. The standard InChI is InChI=1S/C19H29N5O3S/c1-14(2)23-11-18(20-13-23)28(25,26)24-9-8-15(10-24)12-27-17-7-6-16(21-22-17)19(3,4)5/h6-7,11,13-15H,8-10,12H2,1-5H3. The smallest absolute Gasteiger partial charge is 0.262 e. The van der Waals surface area contributed by atoms with Crippen LogP contribution >= 0.6 is 0 Å². The molecule has 0 amide bonds. The summed E-state index contributed by atoms with van der Waals surface area (Å²) in [5.41, 5.74) is 0.841. The molecular weight excluding hydrogens is 378 g/mol. The average molecular weight is 408 g/mol. The van der Waals surface area contributed by atoms with Crippen molar-refractivity contribution in [3.63, 3.8) is 0 Å². The van der Waals surface area contributed by atoms with Crippen LogP contribution in [0.5, 0.6) is 5.88 Å². The lowest BCUT2D eigenvalue weighted by Crippen LogP contribution is -2.30. The van der Waals surface area contributed by atoms with Gasteiger partial charge in [-0.2, -0.15) is 9.40 Å². The van der Waals surface area contributed by atoms with Crippen molar-refractivity contribution >= 4 is 10.0 Å². The van der Waals surface area contributed by atoms with Crippen molar-refractivity contribution in [1.29, 1.82) is 0 Å². The molecule has 1 saturated heterocycles. The fourth-order valence-corrected chi connectivity index (χ4v) is 4.47. The Labute approximate surface area is 167 Å². The molecule has 1 aliphatic heterocycles. The fourth-order valence-electron chi connectivity index (χ4n) is 3.02. The number of hydrogen-bond acceptors (Lipinski definition) is 6. The maximum atomic E-state index is 12.8. The maximum absolute atomic E-state index is 12.8. The number of sulfonamides is 1. The highest BCUT2D eigenvalue weighted by molar-refractivity contribution is 7.89. The van der Waals surface area contributed by atoms with Crippen molar-refractivity contribution in [1.82, 2.24) is 24.1 Å². The molecule has 1 atom stereocenters. The van der Waals surface area contributed by atoms with Crippen LogP contribution in [-0.4, -0.2) is 52.2 Å². The van der Waals surface area contributed by atoms with E-state index in [1.54, 1.807) is 17.1 Å². The lowest BCUT2D eigenvalue weighted by Gasteiger charge is -2.17. The van der Waals surface area contributed by atoms with Gasteiger partial charge in [0.1, 0.15) is 0 Å². The SMILES string of the molecule is CC(C)n1cnc(S(=O)(=O)N2CCC(COc3ccc(C(C)(C)C)nn3)C2)c1. The molecule has 28 heavy (non-hydrogen) atoms. The normalized spacial score (nSPS) is 18.7. The predicted octanol–water partition coefficient (Wildman–Crippen LogP) is 2.64. The summed E-state index contributed by atoms with van der Waals surface area (Å²) in [5.74, 6) is 0.580. The van der Waals surface area contributed by atoms with E-state index in [9.17, 15) is 8.42 Å². The maximum Gasteiger partial charge on any atom is 0.262 e. The minimum Gasteiger partial charge on any atom is -0.476 e. The molecule has 2 aromatic rings. The highest BCUT2D eigenvalue weighted by Gasteiger charge is 2.34. The van der Waals surface area contributed by atoms with E-state index in [0.29, 0.717) is 25.6 Å². The van der Waals surface area contributed by atoms with Crippen LogP contribution in [-0.2, 0) is 15.4 Å². The van der Waals surface area contributed by atoms with Crippen LogP contribution in [0, 0.1) is 5.92 Å². The van der Waals surface area contributed by atoms with Gasteiger partial charge >= 0.3 is 0 Å². The Morgan fingerprint density at radius 3 is 2.57 bits per heavy atom. The third kappa shape index (κ3) is 4.52. The second-order valence-corrected chi connectivity index (χ2v) is 10.5. The molecule has 0 N–H and O–H groups in total. The zero-order chi connectivity index (χ0) is 20.5. The molecule has 8 nitrogen and oxygen atoms in total. The molecule has 2 aromatic heterocycles. The van der Waals surface area contributed by atoms with Crippen molar-refractivity contribution in [2.75, 3.05) is 19.7 Å². The van der Waals surface area contributed by atoms with Gasteiger partial charge in [-0.1, -0.05) is 20.8 Å². The van der Waals surface area contributed by atoms with Gasteiger partial charge in [-0.25, -0.2) is 13.4 Å². The second kappa shape index (κ2) is 7.79. The van der Waals surface area contributed by atoms with Crippen LogP contribution in [0.25, 0.3) is 0 Å². The Balaban J connectivity index is 1.57. The van der Waals surface area contributed by atoms with E-state index in [1.807, 2.05) is 26.0 Å². The van der Waals surface area contributed by atoms with Gasteiger partial charge in [0.15, 0.2) is 5.03 Å². The van der Waals surface area contributed by atoms with Gasteiger partial charge in [0.2, 0.25) is 5.88 Å². The predicted molar refractivity (Wildman–Crippen MR) is 106 cm³/mol.